The molecule has 182 valence electrons. The number of carbonyl (C=O) groups is 3. The van der Waals surface area contributed by atoms with E-state index in [0.29, 0.717) is 22.0 Å². The van der Waals surface area contributed by atoms with Crippen molar-refractivity contribution in [2.75, 3.05) is 18.5 Å². The predicted molar refractivity (Wildman–Crippen MR) is 135 cm³/mol. The van der Waals surface area contributed by atoms with Crippen LogP contribution in [0.1, 0.15) is 25.5 Å². The molecule has 3 rings (SSSR count). The van der Waals surface area contributed by atoms with E-state index in [0.717, 1.165) is 8.47 Å². The van der Waals surface area contributed by atoms with Gasteiger partial charge in [0.1, 0.15) is 30.5 Å². The van der Waals surface area contributed by atoms with E-state index in [2.05, 4.69) is 33.2 Å². The van der Waals surface area contributed by atoms with Gasteiger partial charge in [0.25, 0.3) is 5.91 Å². The van der Waals surface area contributed by atoms with Crippen LogP contribution in [0.3, 0.4) is 0 Å². The van der Waals surface area contributed by atoms with Crippen LogP contribution in [0.15, 0.2) is 42.5 Å². The summed E-state index contributed by atoms with van der Waals surface area (Å²) in [5, 5.41) is 24.0. The Kier molecular flexibility index (Phi) is 8.74. The molecule has 1 aliphatic heterocycles. The lowest BCUT2D eigenvalue weighted by Crippen LogP contribution is -2.50. The Morgan fingerprint density at radius 3 is 2.50 bits per heavy atom. The Labute approximate surface area is 215 Å². The van der Waals surface area contributed by atoms with Gasteiger partial charge in [-0.3, -0.25) is 9.59 Å². The molecule has 4 N–H and O–H groups in total. The first-order chi connectivity index (χ1) is 16.1. The number of benzene rings is 2. The summed E-state index contributed by atoms with van der Waals surface area (Å²) in [6, 6.07) is 8.89. The van der Waals surface area contributed by atoms with Gasteiger partial charge in [0, 0.05) is 3.57 Å². The number of rotatable bonds is 9. The van der Waals surface area contributed by atoms with Gasteiger partial charge in [-0.2, -0.15) is 0 Å². The monoisotopic (exact) mass is 601 g/mol. The maximum atomic E-state index is 13.2. The molecule has 1 saturated heterocycles. The number of carbonyl (C=O) groups excluding carboxylic acids is 3. The third kappa shape index (κ3) is 5.98. The fourth-order valence-electron chi connectivity index (χ4n) is 3.50. The molecule has 0 aliphatic carbocycles. The van der Waals surface area contributed by atoms with Crippen molar-refractivity contribution in [3.05, 3.63) is 56.6 Å². The first-order valence-corrected chi connectivity index (χ1v) is 12.0. The highest BCUT2D eigenvalue weighted by Crippen LogP contribution is 2.29. The maximum Gasteiger partial charge on any atom is 0.325 e. The van der Waals surface area contributed by atoms with Crippen molar-refractivity contribution in [2.24, 2.45) is 5.92 Å². The van der Waals surface area contributed by atoms with Gasteiger partial charge < -0.3 is 25.6 Å². The van der Waals surface area contributed by atoms with Crippen molar-refractivity contribution in [1.29, 1.82) is 0 Å². The van der Waals surface area contributed by atoms with Crippen molar-refractivity contribution in [2.45, 2.75) is 32.0 Å². The molecule has 2 aromatic rings. The highest BCUT2D eigenvalue weighted by molar-refractivity contribution is 14.1. The minimum absolute atomic E-state index is 0.0848. The summed E-state index contributed by atoms with van der Waals surface area (Å²) in [5.41, 5.74) is 0.905. The Hall–Kier alpha value is -2.41. The van der Waals surface area contributed by atoms with E-state index < -0.39 is 42.6 Å². The molecule has 1 heterocycles. The Bertz CT molecular complexity index is 1070. The van der Waals surface area contributed by atoms with Crippen LogP contribution >= 0.6 is 34.2 Å². The molecule has 1 aliphatic rings. The summed E-state index contributed by atoms with van der Waals surface area (Å²) in [6.07, 6.45) is -1.00. The van der Waals surface area contributed by atoms with Gasteiger partial charge in [0.05, 0.1) is 17.3 Å². The summed E-state index contributed by atoms with van der Waals surface area (Å²) >= 11 is 8.33. The number of ether oxygens (including phenoxy) is 1. The second-order valence-electron chi connectivity index (χ2n) is 8.11. The first kappa shape index (κ1) is 26.2. The molecule has 3 atom stereocenters. The summed E-state index contributed by atoms with van der Waals surface area (Å²) in [7, 11) is 0. The minimum Gasteiger partial charge on any atom is -0.491 e. The average molecular weight is 602 g/mol. The molecule has 0 unspecified atom stereocenters. The van der Waals surface area contributed by atoms with E-state index in [-0.39, 0.29) is 12.5 Å². The standard InChI is InChI=1S/C23H25ClIN3O6/c1-12(2)20(21(31)26-18-8-5-14(25)9-17(18)24)28-22(32)19(27-23(28)33)13-3-6-16(7-4-13)34-11-15(30)10-29/h3-9,12,15,19-20,29-30H,10-11H2,1-2H3,(H,26,31)(H,27,33)/t15-,19-,20+/m1/s1. The number of aliphatic hydroxyl groups excluding tert-OH is 2. The van der Waals surface area contributed by atoms with E-state index in [1.54, 1.807) is 56.3 Å². The van der Waals surface area contributed by atoms with Crippen LogP contribution in [-0.2, 0) is 9.59 Å². The number of hydrogen-bond acceptors (Lipinski definition) is 6. The second kappa shape index (κ2) is 11.3. The summed E-state index contributed by atoms with van der Waals surface area (Å²) in [6.45, 7) is 3.00. The zero-order chi connectivity index (χ0) is 25.0. The molecule has 0 spiro atoms. The maximum absolute atomic E-state index is 13.2. The van der Waals surface area contributed by atoms with Crippen LogP contribution in [-0.4, -0.2) is 58.3 Å². The average Bonchev–Trinajstić information content (AvgIpc) is 3.08. The van der Waals surface area contributed by atoms with E-state index in [4.69, 9.17) is 21.4 Å². The van der Waals surface area contributed by atoms with Gasteiger partial charge in [0.15, 0.2) is 0 Å². The van der Waals surface area contributed by atoms with Gasteiger partial charge in [-0.1, -0.05) is 37.6 Å². The van der Waals surface area contributed by atoms with Gasteiger partial charge in [-0.05, 0) is 64.4 Å². The second-order valence-corrected chi connectivity index (χ2v) is 9.76. The number of halogens is 2. The van der Waals surface area contributed by atoms with E-state index in [1.807, 2.05) is 0 Å². The molecule has 2 aromatic carbocycles. The molecule has 9 nitrogen and oxygen atoms in total. The Morgan fingerprint density at radius 1 is 1.24 bits per heavy atom. The smallest absolute Gasteiger partial charge is 0.325 e. The SMILES string of the molecule is CC(C)[C@@H](C(=O)Nc1ccc(I)cc1Cl)N1C(=O)N[C@H](c2ccc(OC[C@H](O)CO)cc2)C1=O. The third-order valence-electron chi connectivity index (χ3n) is 5.20. The molecule has 0 saturated carbocycles. The molecule has 0 bridgehead atoms. The van der Waals surface area contributed by atoms with E-state index in [1.165, 1.54) is 0 Å². The number of amides is 4. The third-order valence-corrected chi connectivity index (χ3v) is 6.19. The lowest BCUT2D eigenvalue weighted by molar-refractivity contribution is -0.135. The minimum atomic E-state index is -1.05. The van der Waals surface area contributed by atoms with Gasteiger partial charge in [-0.15, -0.1) is 0 Å². The van der Waals surface area contributed by atoms with Crippen molar-refractivity contribution in [1.82, 2.24) is 10.2 Å². The predicted octanol–water partition coefficient (Wildman–Crippen LogP) is 2.93. The molecular formula is C23H25ClIN3O6. The molecule has 0 radical (unpaired) electrons. The fourth-order valence-corrected chi connectivity index (χ4v) is 4.40. The van der Waals surface area contributed by atoms with Crippen LogP contribution in [0.4, 0.5) is 10.5 Å². The zero-order valence-electron chi connectivity index (χ0n) is 18.5. The molecule has 11 heteroatoms. The number of anilines is 1. The summed E-state index contributed by atoms with van der Waals surface area (Å²) in [4.78, 5) is 40.0. The lowest BCUT2D eigenvalue weighted by Gasteiger charge is -2.27. The van der Waals surface area contributed by atoms with Crippen LogP contribution in [0.25, 0.3) is 0 Å². The van der Waals surface area contributed by atoms with Gasteiger partial charge in [0.2, 0.25) is 5.91 Å². The number of nitrogens with zero attached hydrogens (tertiary/aromatic N) is 1. The Balaban J connectivity index is 1.76. The van der Waals surface area contributed by atoms with Crippen LogP contribution in [0.2, 0.25) is 5.02 Å². The first-order valence-electron chi connectivity index (χ1n) is 10.5. The van der Waals surface area contributed by atoms with Crippen LogP contribution in [0.5, 0.6) is 5.75 Å². The highest BCUT2D eigenvalue weighted by atomic mass is 127. The quantitative estimate of drug-likeness (QED) is 0.259. The van der Waals surface area contributed by atoms with Gasteiger partial charge >= 0.3 is 6.03 Å². The number of aliphatic hydroxyl groups is 2. The topological polar surface area (TPSA) is 128 Å². The van der Waals surface area contributed by atoms with Crippen molar-refractivity contribution >= 4 is 57.7 Å². The number of nitrogens with one attached hydrogen (secondary N) is 2. The molecule has 34 heavy (non-hydrogen) atoms. The van der Waals surface area contributed by atoms with Crippen LogP contribution in [0, 0.1) is 9.49 Å². The number of hydrogen-bond donors (Lipinski definition) is 4. The zero-order valence-corrected chi connectivity index (χ0v) is 21.4. The van der Waals surface area contributed by atoms with E-state index in [9.17, 15) is 19.5 Å². The normalized spacial score (nSPS) is 17.5. The number of urea groups is 1. The summed E-state index contributed by atoms with van der Waals surface area (Å²) < 4.78 is 6.27. The largest absolute Gasteiger partial charge is 0.491 e. The van der Waals surface area contributed by atoms with Crippen molar-refractivity contribution in [3.63, 3.8) is 0 Å². The van der Waals surface area contributed by atoms with Crippen molar-refractivity contribution in [3.8, 4) is 5.75 Å². The molecule has 4 amide bonds. The van der Waals surface area contributed by atoms with Crippen molar-refractivity contribution < 1.29 is 29.3 Å². The molecule has 1 fully saturated rings. The molecular weight excluding hydrogens is 577 g/mol. The lowest BCUT2D eigenvalue weighted by atomic mass is 10.0. The van der Waals surface area contributed by atoms with Crippen LogP contribution < -0.4 is 15.4 Å². The van der Waals surface area contributed by atoms with Gasteiger partial charge in [-0.25, -0.2) is 9.69 Å². The highest BCUT2D eigenvalue weighted by Gasteiger charge is 2.46. The summed E-state index contributed by atoms with van der Waals surface area (Å²) in [5.74, 6) is -0.992. The van der Waals surface area contributed by atoms with E-state index >= 15 is 0 Å². The Morgan fingerprint density at radius 2 is 1.91 bits per heavy atom. The number of imide groups is 1. The fraction of sp³-hybridized carbons (Fsp3) is 0.348. The molecule has 0 aromatic heterocycles.